The average molecular weight is 464 g/mol. The van der Waals surface area contributed by atoms with E-state index in [1.165, 1.54) is 18.8 Å². The van der Waals surface area contributed by atoms with Gasteiger partial charge in [0, 0.05) is 24.9 Å². The maximum atomic E-state index is 15.2. The number of anilines is 2. The molecule has 33 heavy (non-hydrogen) atoms. The standard InChI is InChI=1S/C21H17FN8O2S/c1-11-16(32-12-6-14-20(23-7-12)30(2)10-27-14)5-4-13(17(11)22)28-19-18-15(25-9-26-19)8-24-21(29-18)33(3)31/h4-10H,1-3H3,(H,25,26,28). The number of benzene rings is 1. The molecule has 10 nitrogen and oxygen atoms in total. The molecule has 0 fully saturated rings. The molecule has 1 aromatic carbocycles. The van der Waals surface area contributed by atoms with Crippen molar-refractivity contribution in [3.05, 3.63) is 54.6 Å². The molecular formula is C21H17FN8O2S. The SMILES string of the molecule is Cc1c(Oc2cnc3c(c2)ncn3C)ccc(Nc2ncnc3cnc(S(C)=O)nc23)c1F. The average Bonchev–Trinajstić information content (AvgIpc) is 3.18. The minimum atomic E-state index is -1.39. The Morgan fingerprint density at radius 2 is 1.94 bits per heavy atom. The number of imidazole rings is 1. The van der Waals surface area contributed by atoms with Crippen LogP contribution in [0.4, 0.5) is 15.9 Å². The van der Waals surface area contributed by atoms with Crippen LogP contribution in [0.15, 0.2) is 48.4 Å². The highest BCUT2D eigenvalue weighted by Gasteiger charge is 2.16. The van der Waals surface area contributed by atoms with Gasteiger partial charge in [0.1, 0.15) is 34.4 Å². The predicted octanol–water partition coefficient (Wildman–Crippen LogP) is 3.42. The van der Waals surface area contributed by atoms with Crippen LogP contribution >= 0.6 is 0 Å². The van der Waals surface area contributed by atoms with Crippen LogP contribution in [0.1, 0.15) is 5.56 Å². The van der Waals surface area contributed by atoms with E-state index in [2.05, 4.69) is 35.2 Å². The van der Waals surface area contributed by atoms with E-state index in [0.29, 0.717) is 33.6 Å². The molecule has 0 saturated heterocycles. The van der Waals surface area contributed by atoms with Gasteiger partial charge in [0.05, 0.1) is 35.2 Å². The highest BCUT2D eigenvalue weighted by molar-refractivity contribution is 7.84. The van der Waals surface area contributed by atoms with Crippen LogP contribution in [0.3, 0.4) is 0 Å². The zero-order chi connectivity index (χ0) is 23.1. The van der Waals surface area contributed by atoms with Crippen LogP contribution in [0.2, 0.25) is 0 Å². The summed E-state index contributed by atoms with van der Waals surface area (Å²) in [5.74, 6) is 0.544. The molecule has 5 aromatic rings. The largest absolute Gasteiger partial charge is 0.455 e. The van der Waals surface area contributed by atoms with Crippen LogP contribution in [-0.2, 0) is 17.8 Å². The lowest BCUT2D eigenvalue weighted by molar-refractivity contribution is 0.470. The first-order chi connectivity index (χ1) is 15.9. The first-order valence-corrected chi connectivity index (χ1v) is 11.3. The molecule has 0 aliphatic rings. The molecule has 0 aliphatic carbocycles. The summed E-state index contributed by atoms with van der Waals surface area (Å²) < 4.78 is 34.6. The van der Waals surface area contributed by atoms with E-state index in [4.69, 9.17) is 4.74 Å². The van der Waals surface area contributed by atoms with Crippen molar-refractivity contribution in [1.82, 2.24) is 34.5 Å². The lowest BCUT2D eigenvalue weighted by Gasteiger charge is -2.13. The van der Waals surface area contributed by atoms with E-state index >= 15 is 4.39 Å². The van der Waals surface area contributed by atoms with E-state index in [-0.39, 0.29) is 16.7 Å². The summed E-state index contributed by atoms with van der Waals surface area (Å²) in [5.41, 5.74) is 2.65. The van der Waals surface area contributed by atoms with Gasteiger partial charge in [-0.3, -0.25) is 4.21 Å². The highest BCUT2D eigenvalue weighted by Crippen LogP contribution is 2.33. The van der Waals surface area contributed by atoms with Crippen LogP contribution in [0.5, 0.6) is 11.5 Å². The van der Waals surface area contributed by atoms with Crippen molar-refractivity contribution >= 4 is 44.5 Å². The van der Waals surface area contributed by atoms with Crippen molar-refractivity contribution in [2.75, 3.05) is 11.6 Å². The monoisotopic (exact) mass is 464 g/mol. The fourth-order valence-corrected chi connectivity index (χ4v) is 3.67. The molecule has 0 spiro atoms. The Morgan fingerprint density at radius 1 is 1.09 bits per heavy atom. The number of rotatable bonds is 5. The molecule has 0 radical (unpaired) electrons. The van der Waals surface area contributed by atoms with Gasteiger partial charge in [0.25, 0.3) is 0 Å². The molecule has 0 amide bonds. The zero-order valence-corrected chi connectivity index (χ0v) is 18.6. The Labute approximate surface area is 189 Å². The lowest BCUT2D eigenvalue weighted by Crippen LogP contribution is -2.04. The second-order valence-electron chi connectivity index (χ2n) is 7.21. The number of hydrogen-bond acceptors (Lipinski definition) is 9. The summed E-state index contributed by atoms with van der Waals surface area (Å²) in [7, 11) is 0.466. The van der Waals surface area contributed by atoms with Crippen LogP contribution < -0.4 is 10.1 Å². The smallest absolute Gasteiger partial charge is 0.218 e. The van der Waals surface area contributed by atoms with E-state index in [0.717, 1.165) is 5.65 Å². The first kappa shape index (κ1) is 20.8. The molecule has 166 valence electrons. The maximum absolute atomic E-state index is 15.2. The molecule has 12 heteroatoms. The fourth-order valence-electron chi connectivity index (χ4n) is 3.25. The number of nitrogens with one attached hydrogen (secondary N) is 1. The fraction of sp³-hybridized carbons (Fsp3) is 0.143. The minimum absolute atomic E-state index is 0.138. The number of aromatic nitrogens is 7. The van der Waals surface area contributed by atoms with Gasteiger partial charge >= 0.3 is 0 Å². The predicted molar refractivity (Wildman–Crippen MR) is 120 cm³/mol. The molecule has 4 heterocycles. The van der Waals surface area contributed by atoms with E-state index in [1.54, 1.807) is 42.2 Å². The summed E-state index contributed by atoms with van der Waals surface area (Å²) >= 11 is 0. The van der Waals surface area contributed by atoms with E-state index in [1.807, 2.05) is 7.05 Å². The van der Waals surface area contributed by atoms with Gasteiger partial charge in [-0.05, 0) is 19.1 Å². The third-order valence-electron chi connectivity index (χ3n) is 4.96. The number of pyridine rings is 1. The molecule has 1 N–H and O–H groups in total. The Bertz CT molecular complexity index is 1550. The summed E-state index contributed by atoms with van der Waals surface area (Å²) in [5, 5.41) is 3.08. The number of nitrogens with zero attached hydrogens (tertiary/aromatic N) is 7. The second kappa shape index (κ2) is 8.13. The summed E-state index contributed by atoms with van der Waals surface area (Å²) in [6.45, 7) is 1.61. The van der Waals surface area contributed by atoms with Crippen LogP contribution in [-0.4, -0.2) is 44.9 Å². The van der Waals surface area contributed by atoms with Gasteiger partial charge in [-0.15, -0.1) is 0 Å². The third-order valence-corrected chi connectivity index (χ3v) is 5.67. The van der Waals surface area contributed by atoms with E-state index < -0.39 is 16.6 Å². The lowest BCUT2D eigenvalue weighted by atomic mass is 10.1. The van der Waals surface area contributed by atoms with Crippen molar-refractivity contribution in [3.8, 4) is 11.5 Å². The van der Waals surface area contributed by atoms with Crippen LogP contribution in [0, 0.1) is 12.7 Å². The molecule has 1 atom stereocenters. The van der Waals surface area contributed by atoms with Gasteiger partial charge < -0.3 is 14.6 Å². The number of halogens is 1. The van der Waals surface area contributed by atoms with E-state index in [9.17, 15) is 4.21 Å². The van der Waals surface area contributed by atoms with Crippen molar-refractivity contribution in [2.24, 2.45) is 7.05 Å². The normalized spacial score (nSPS) is 12.2. The molecule has 0 bridgehead atoms. The van der Waals surface area contributed by atoms with Crippen molar-refractivity contribution in [1.29, 1.82) is 0 Å². The second-order valence-corrected chi connectivity index (χ2v) is 8.48. The summed E-state index contributed by atoms with van der Waals surface area (Å²) in [6, 6.07) is 4.93. The highest BCUT2D eigenvalue weighted by atomic mass is 32.2. The zero-order valence-electron chi connectivity index (χ0n) is 17.8. The first-order valence-electron chi connectivity index (χ1n) is 9.73. The number of aryl methyl sites for hydroxylation is 1. The van der Waals surface area contributed by atoms with Crippen molar-refractivity contribution in [2.45, 2.75) is 12.1 Å². The van der Waals surface area contributed by atoms with Crippen molar-refractivity contribution in [3.63, 3.8) is 0 Å². The summed E-state index contributed by atoms with van der Waals surface area (Å²) in [6.07, 6.45) is 7.47. The van der Waals surface area contributed by atoms with Gasteiger partial charge in [-0.2, -0.15) is 0 Å². The maximum Gasteiger partial charge on any atom is 0.218 e. The Hall–Kier alpha value is -4.06. The minimum Gasteiger partial charge on any atom is -0.455 e. The number of ether oxygens (including phenoxy) is 1. The number of fused-ring (bicyclic) bond motifs is 2. The molecular weight excluding hydrogens is 447 g/mol. The Kier molecular flexibility index (Phi) is 5.13. The van der Waals surface area contributed by atoms with Crippen molar-refractivity contribution < 1.29 is 13.3 Å². The van der Waals surface area contributed by atoms with Gasteiger partial charge in [0.2, 0.25) is 5.16 Å². The summed E-state index contributed by atoms with van der Waals surface area (Å²) in [4.78, 5) is 25.2. The third kappa shape index (κ3) is 3.84. The van der Waals surface area contributed by atoms with Gasteiger partial charge in [-0.25, -0.2) is 34.3 Å². The van der Waals surface area contributed by atoms with Crippen LogP contribution in [0.25, 0.3) is 22.2 Å². The Balaban J connectivity index is 1.46. The Morgan fingerprint density at radius 3 is 2.76 bits per heavy atom. The molecule has 0 saturated carbocycles. The molecule has 4 aromatic heterocycles. The van der Waals surface area contributed by atoms with Gasteiger partial charge in [0.15, 0.2) is 17.3 Å². The quantitative estimate of drug-likeness (QED) is 0.390. The molecule has 5 rings (SSSR count). The topological polar surface area (TPSA) is 121 Å². The molecule has 0 aliphatic heterocycles. The molecule has 1 unspecified atom stereocenters. The van der Waals surface area contributed by atoms with Gasteiger partial charge in [-0.1, -0.05) is 0 Å². The number of hydrogen-bond donors (Lipinski definition) is 1.